The van der Waals surface area contributed by atoms with E-state index in [0.717, 1.165) is 58.1 Å². The number of rotatable bonds is 5. The molecule has 1 saturated carbocycles. The van der Waals surface area contributed by atoms with Crippen LogP contribution >= 0.6 is 0 Å². The van der Waals surface area contributed by atoms with Crippen molar-refractivity contribution in [1.29, 1.82) is 0 Å². The van der Waals surface area contributed by atoms with E-state index in [9.17, 15) is 4.79 Å². The molecule has 6 nitrogen and oxygen atoms in total. The van der Waals surface area contributed by atoms with Crippen LogP contribution < -0.4 is 0 Å². The summed E-state index contributed by atoms with van der Waals surface area (Å²) >= 11 is 0. The smallest absolute Gasteiger partial charge is 0.274 e. The fourth-order valence-corrected chi connectivity index (χ4v) is 3.76. The van der Waals surface area contributed by atoms with Crippen LogP contribution in [0, 0.1) is 11.3 Å². The molecule has 1 aromatic heterocycles. The number of nitrogens with zero attached hydrogens (tertiary/aromatic N) is 3. The van der Waals surface area contributed by atoms with E-state index in [-0.39, 0.29) is 17.4 Å². The molecule has 3 heterocycles. The van der Waals surface area contributed by atoms with Crippen LogP contribution in [0.1, 0.15) is 42.6 Å². The van der Waals surface area contributed by atoms with Gasteiger partial charge in [-0.05, 0) is 43.4 Å². The lowest BCUT2D eigenvalue weighted by atomic mass is 9.76. The van der Waals surface area contributed by atoms with Gasteiger partial charge in [0.05, 0.1) is 25.5 Å². The molecule has 0 unspecified atom stereocenters. The summed E-state index contributed by atoms with van der Waals surface area (Å²) in [6.07, 6.45) is 10.6. The summed E-state index contributed by atoms with van der Waals surface area (Å²) in [5.41, 5.74) is 0.662. The van der Waals surface area contributed by atoms with E-state index < -0.39 is 0 Å². The van der Waals surface area contributed by atoms with Crippen LogP contribution in [0.25, 0.3) is 0 Å². The van der Waals surface area contributed by atoms with Crippen molar-refractivity contribution in [2.24, 2.45) is 11.3 Å². The quantitative estimate of drug-likeness (QED) is 0.825. The van der Waals surface area contributed by atoms with Gasteiger partial charge < -0.3 is 14.4 Å². The maximum Gasteiger partial charge on any atom is 0.274 e. The Hall–Kier alpha value is -1.53. The Labute approximate surface area is 142 Å². The molecule has 3 aliphatic rings. The molecule has 2 aliphatic heterocycles. The summed E-state index contributed by atoms with van der Waals surface area (Å²) in [6, 6.07) is 0. The van der Waals surface area contributed by atoms with Crippen LogP contribution in [0.5, 0.6) is 0 Å². The van der Waals surface area contributed by atoms with Crippen molar-refractivity contribution < 1.29 is 14.3 Å². The summed E-state index contributed by atoms with van der Waals surface area (Å²) < 4.78 is 11.8. The zero-order valence-corrected chi connectivity index (χ0v) is 14.0. The minimum atomic E-state index is -0.0128. The lowest BCUT2D eigenvalue weighted by molar-refractivity contribution is 0.00936. The zero-order chi connectivity index (χ0) is 16.4. The van der Waals surface area contributed by atoms with Crippen molar-refractivity contribution in [2.75, 3.05) is 32.9 Å². The number of hydrogen-bond acceptors (Lipinski definition) is 5. The number of hydrogen-bond donors (Lipinski definition) is 0. The van der Waals surface area contributed by atoms with Crippen LogP contribution in [0.3, 0.4) is 0 Å². The van der Waals surface area contributed by atoms with Crippen molar-refractivity contribution in [1.82, 2.24) is 14.9 Å². The lowest BCUT2D eigenvalue weighted by Gasteiger charge is -2.38. The van der Waals surface area contributed by atoms with E-state index in [1.54, 1.807) is 18.6 Å². The number of carbonyl (C=O) groups excluding carboxylic acids is 1. The number of aromatic nitrogens is 2. The van der Waals surface area contributed by atoms with Gasteiger partial charge in [0.15, 0.2) is 0 Å². The van der Waals surface area contributed by atoms with Crippen LogP contribution in [-0.2, 0) is 9.47 Å². The van der Waals surface area contributed by atoms with Crippen LogP contribution in [0.4, 0.5) is 0 Å². The largest absolute Gasteiger partial charge is 0.378 e. The first-order valence-electron chi connectivity index (χ1n) is 8.99. The highest BCUT2D eigenvalue weighted by atomic mass is 16.5. The molecule has 1 atom stereocenters. The predicted octanol–water partition coefficient (Wildman–Crippen LogP) is 1.91. The minimum absolute atomic E-state index is 0.0128. The van der Waals surface area contributed by atoms with E-state index in [4.69, 9.17) is 9.47 Å². The Morgan fingerprint density at radius 1 is 1.29 bits per heavy atom. The van der Waals surface area contributed by atoms with Crippen molar-refractivity contribution in [3.63, 3.8) is 0 Å². The molecule has 3 fully saturated rings. The summed E-state index contributed by atoms with van der Waals surface area (Å²) in [7, 11) is 0. The molecular formula is C18H25N3O3. The maximum absolute atomic E-state index is 12.5. The van der Waals surface area contributed by atoms with Crippen LogP contribution in [0.2, 0.25) is 0 Å². The molecule has 1 aromatic rings. The third-order valence-corrected chi connectivity index (χ3v) is 5.53. The molecule has 0 bridgehead atoms. The Balaban J connectivity index is 1.25. The molecule has 1 amide bonds. The van der Waals surface area contributed by atoms with Crippen LogP contribution in [-0.4, -0.2) is 59.8 Å². The van der Waals surface area contributed by atoms with E-state index in [0.29, 0.717) is 5.69 Å². The number of ether oxygens (including phenoxy) is 2. The van der Waals surface area contributed by atoms with Gasteiger partial charge in [0.25, 0.3) is 5.91 Å². The fourth-order valence-electron chi connectivity index (χ4n) is 3.76. The van der Waals surface area contributed by atoms with Gasteiger partial charge in [-0.15, -0.1) is 0 Å². The molecule has 0 aromatic carbocycles. The molecule has 24 heavy (non-hydrogen) atoms. The molecular weight excluding hydrogens is 306 g/mol. The highest BCUT2D eigenvalue weighted by molar-refractivity contribution is 5.92. The molecule has 1 spiro atoms. The van der Waals surface area contributed by atoms with E-state index in [2.05, 4.69) is 9.97 Å². The molecule has 0 N–H and O–H groups in total. The Morgan fingerprint density at radius 3 is 2.83 bits per heavy atom. The predicted molar refractivity (Wildman–Crippen MR) is 87.5 cm³/mol. The lowest BCUT2D eigenvalue weighted by Crippen LogP contribution is -2.43. The average Bonchev–Trinajstić information content (AvgIpc) is 3.37. The summed E-state index contributed by atoms with van der Waals surface area (Å²) in [5.74, 6) is 0.789. The van der Waals surface area contributed by atoms with Gasteiger partial charge in [-0.25, -0.2) is 4.98 Å². The number of likely N-dealkylation sites (tertiary alicyclic amines) is 1. The van der Waals surface area contributed by atoms with Crippen molar-refractivity contribution >= 4 is 5.91 Å². The highest BCUT2D eigenvalue weighted by Crippen LogP contribution is 2.42. The van der Waals surface area contributed by atoms with E-state index >= 15 is 0 Å². The molecule has 6 heteroatoms. The zero-order valence-electron chi connectivity index (χ0n) is 14.0. The van der Waals surface area contributed by atoms with Gasteiger partial charge in [-0.1, -0.05) is 0 Å². The molecule has 130 valence electrons. The molecule has 2 saturated heterocycles. The van der Waals surface area contributed by atoms with E-state index in [1.807, 2.05) is 4.90 Å². The molecule has 1 aliphatic carbocycles. The van der Waals surface area contributed by atoms with Gasteiger partial charge in [0.2, 0.25) is 0 Å². The highest BCUT2D eigenvalue weighted by Gasteiger charge is 2.43. The monoisotopic (exact) mass is 331 g/mol. The third kappa shape index (κ3) is 3.59. The van der Waals surface area contributed by atoms with Crippen molar-refractivity contribution in [3.05, 3.63) is 24.3 Å². The molecule has 4 rings (SSSR count). The second-order valence-electron chi connectivity index (χ2n) is 7.50. The van der Waals surface area contributed by atoms with Crippen molar-refractivity contribution in [2.45, 2.75) is 38.2 Å². The topological polar surface area (TPSA) is 64.6 Å². The van der Waals surface area contributed by atoms with Gasteiger partial charge in [0.1, 0.15) is 5.69 Å². The SMILES string of the molecule is O=C(c1cnccn1)N1CCC2(CC1)CO[C@@H](COCC1CC1)C2. The second-order valence-corrected chi connectivity index (χ2v) is 7.50. The van der Waals surface area contributed by atoms with Gasteiger partial charge in [0, 0.05) is 32.1 Å². The number of carbonyl (C=O) groups is 1. The first kappa shape index (κ1) is 16.0. The van der Waals surface area contributed by atoms with Crippen LogP contribution in [0.15, 0.2) is 18.6 Å². The first-order valence-corrected chi connectivity index (χ1v) is 8.99. The van der Waals surface area contributed by atoms with Gasteiger partial charge in [-0.3, -0.25) is 9.78 Å². The van der Waals surface area contributed by atoms with Gasteiger partial charge in [-0.2, -0.15) is 0 Å². The average molecular weight is 331 g/mol. The summed E-state index contributed by atoms with van der Waals surface area (Å²) in [5, 5.41) is 0. The summed E-state index contributed by atoms with van der Waals surface area (Å²) in [6.45, 7) is 3.97. The standard InChI is InChI=1S/C18H25N3O3/c22-17(16-10-19-5-6-20-16)21-7-3-18(4-8-21)9-15(24-13-18)12-23-11-14-1-2-14/h5-6,10,14-15H,1-4,7-9,11-13H2/t15-/m1/s1. The second kappa shape index (κ2) is 6.76. The minimum Gasteiger partial charge on any atom is -0.378 e. The third-order valence-electron chi connectivity index (χ3n) is 5.53. The molecule has 0 radical (unpaired) electrons. The van der Waals surface area contributed by atoms with E-state index in [1.165, 1.54) is 12.8 Å². The number of amides is 1. The number of piperidine rings is 1. The maximum atomic E-state index is 12.5. The Bertz CT molecular complexity index is 568. The Morgan fingerprint density at radius 2 is 2.12 bits per heavy atom. The summed E-state index contributed by atoms with van der Waals surface area (Å²) in [4.78, 5) is 22.4. The normalized spacial score (nSPS) is 26.0. The van der Waals surface area contributed by atoms with Crippen molar-refractivity contribution in [3.8, 4) is 0 Å². The Kier molecular flexibility index (Phi) is 4.50. The fraction of sp³-hybridized carbons (Fsp3) is 0.722. The first-order chi connectivity index (χ1) is 11.7. The van der Waals surface area contributed by atoms with Gasteiger partial charge >= 0.3 is 0 Å².